The van der Waals surface area contributed by atoms with Crippen molar-refractivity contribution >= 4 is 15.9 Å². The van der Waals surface area contributed by atoms with Crippen LogP contribution >= 0.6 is 0 Å². The highest BCUT2D eigenvalue weighted by atomic mass is 32.2. The van der Waals surface area contributed by atoms with Gasteiger partial charge < -0.3 is 5.32 Å². The van der Waals surface area contributed by atoms with E-state index in [1.165, 1.54) is 12.1 Å². The van der Waals surface area contributed by atoms with Crippen molar-refractivity contribution in [2.75, 3.05) is 0 Å². The molecule has 1 amide bonds. The zero-order valence-electron chi connectivity index (χ0n) is 14.1. The lowest BCUT2D eigenvalue weighted by Crippen LogP contribution is -2.23. The van der Waals surface area contributed by atoms with Gasteiger partial charge in [0.05, 0.1) is 10.5 Å². The number of rotatable bonds is 5. The number of carbonyl (C=O) groups is 1. The van der Waals surface area contributed by atoms with Gasteiger partial charge in [0.25, 0.3) is 5.91 Å². The van der Waals surface area contributed by atoms with E-state index >= 15 is 0 Å². The molecule has 0 atom stereocenters. The molecule has 4 N–H and O–H groups in total. The Balaban J connectivity index is 1.76. The molecule has 3 rings (SSSR count). The topological polar surface area (TPSA) is 118 Å². The average Bonchev–Trinajstić information content (AvgIpc) is 3.02. The minimum absolute atomic E-state index is 0.0321. The van der Waals surface area contributed by atoms with E-state index in [1.54, 1.807) is 19.1 Å². The van der Waals surface area contributed by atoms with Crippen LogP contribution in [-0.4, -0.2) is 24.5 Å². The van der Waals surface area contributed by atoms with Gasteiger partial charge in [-0.2, -0.15) is 5.10 Å². The molecule has 0 aliphatic heterocycles. The number of nitrogens with zero attached hydrogens (tertiary/aromatic N) is 1. The highest BCUT2D eigenvalue weighted by molar-refractivity contribution is 7.89. The Kier molecular flexibility index (Phi) is 4.88. The van der Waals surface area contributed by atoms with E-state index in [0.717, 1.165) is 11.1 Å². The number of sulfonamides is 1. The largest absolute Gasteiger partial charge is 0.348 e. The van der Waals surface area contributed by atoms with Crippen molar-refractivity contribution < 1.29 is 13.2 Å². The number of aryl methyl sites for hydroxylation is 1. The fraction of sp³-hybridized carbons (Fsp3) is 0.111. The van der Waals surface area contributed by atoms with Crippen molar-refractivity contribution in [2.24, 2.45) is 5.14 Å². The zero-order chi connectivity index (χ0) is 18.7. The summed E-state index contributed by atoms with van der Waals surface area (Å²) in [6.45, 7) is 2.04. The van der Waals surface area contributed by atoms with Gasteiger partial charge >= 0.3 is 0 Å². The minimum atomic E-state index is -3.73. The molecule has 0 spiro atoms. The van der Waals surface area contributed by atoms with Crippen LogP contribution in [0.4, 0.5) is 0 Å². The second-order valence-corrected chi connectivity index (χ2v) is 7.37. The molecule has 1 heterocycles. The van der Waals surface area contributed by atoms with Gasteiger partial charge in [0.2, 0.25) is 10.0 Å². The maximum absolute atomic E-state index is 12.6. The molecule has 26 heavy (non-hydrogen) atoms. The summed E-state index contributed by atoms with van der Waals surface area (Å²) in [6, 6.07) is 15.5. The van der Waals surface area contributed by atoms with Crippen molar-refractivity contribution in [1.29, 1.82) is 0 Å². The van der Waals surface area contributed by atoms with Gasteiger partial charge in [-0.1, -0.05) is 42.5 Å². The summed E-state index contributed by atoms with van der Waals surface area (Å²) in [5, 5.41) is 15.0. The van der Waals surface area contributed by atoms with Crippen molar-refractivity contribution in [3.8, 4) is 11.3 Å². The van der Waals surface area contributed by atoms with E-state index in [2.05, 4.69) is 15.5 Å². The molecule has 7 nitrogen and oxygen atoms in total. The molecular formula is C18H18N4O3S. The number of nitrogens with two attached hydrogens (primary N) is 1. The number of H-pyrrole nitrogens is 1. The van der Waals surface area contributed by atoms with Crippen LogP contribution in [-0.2, 0) is 16.6 Å². The standard InChI is InChI=1S/C18H18N4O3S/c1-12-16(17(22-21-12)14-5-3-2-4-6-14)18(23)20-11-13-7-9-15(10-8-13)26(19,24)25/h2-10H,11H2,1H3,(H,20,23)(H,21,22)(H2,19,24,25). The van der Waals surface area contributed by atoms with Gasteiger partial charge in [0.1, 0.15) is 5.69 Å². The fourth-order valence-electron chi connectivity index (χ4n) is 2.58. The zero-order valence-corrected chi connectivity index (χ0v) is 14.9. The van der Waals surface area contributed by atoms with Gasteiger partial charge in [0.15, 0.2) is 0 Å². The molecule has 134 valence electrons. The number of amides is 1. The summed E-state index contributed by atoms with van der Waals surface area (Å²) >= 11 is 0. The van der Waals surface area contributed by atoms with E-state index in [9.17, 15) is 13.2 Å². The van der Waals surface area contributed by atoms with Gasteiger partial charge in [0, 0.05) is 17.8 Å². The number of hydrogen-bond acceptors (Lipinski definition) is 4. The minimum Gasteiger partial charge on any atom is -0.348 e. The molecule has 0 aliphatic rings. The molecule has 0 fully saturated rings. The van der Waals surface area contributed by atoms with Crippen LogP contribution < -0.4 is 10.5 Å². The van der Waals surface area contributed by atoms with Crippen LogP contribution in [0.25, 0.3) is 11.3 Å². The first kappa shape index (κ1) is 17.8. The molecule has 0 saturated heterocycles. The number of aromatic nitrogens is 2. The normalized spacial score (nSPS) is 11.3. The van der Waals surface area contributed by atoms with Crippen LogP contribution in [0.1, 0.15) is 21.6 Å². The number of aromatic amines is 1. The average molecular weight is 370 g/mol. The van der Waals surface area contributed by atoms with Crippen LogP contribution in [0.5, 0.6) is 0 Å². The molecule has 8 heteroatoms. The lowest BCUT2D eigenvalue weighted by Gasteiger charge is -2.07. The van der Waals surface area contributed by atoms with E-state index < -0.39 is 10.0 Å². The Morgan fingerprint density at radius 3 is 2.38 bits per heavy atom. The number of nitrogens with one attached hydrogen (secondary N) is 2. The molecule has 0 bridgehead atoms. The molecule has 2 aromatic carbocycles. The second kappa shape index (κ2) is 7.11. The third-order valence-electron chi connectivity index (χ3n) is 3.93. The Morgan fingerprint density at radius 1 is 1.12 bits per heavy atom. The van der Waals surface area contributed by atoms with Crippen molar-refractivity contribution in [2.45, 2.75) is 18.4 Å². The van der Waals surface area contributed by atoms with E-state index in [-0.39, 0.29) is 17.3 Å². The lowest BCUT2D eigenvalue weighted by atomic mass is 10.1. The van der Waals surface area contributed by atoms with Gasteiger partial charge in [-0.15, -0.1) is 0 Å². The molecule has 0 saturated carbocycles. The highest BCUT2D eigenvalue weighted by Crippen LogP contribution is 2.23. The number of carbonyl (C=O) groups excluding carboxylic acids is 1. The summed E-state index contributed by atoms with van der Waals surface area (Å²) in [6.07, 6.45) is 0. The Bertz CT molecular complexity index is 1030. The van der Waals surface area contributed by atoms with Crippen LogP contribution in [0, 0.1) is 6.92 Å². The maximum atomic E-state index is 12.6. The van der Waals surface area contributed by atoms with E-state index in [0.29, 0.717) is 17.0 Å². The van der Waals surface area contributed by atoms with Crippen molar-refractivity contribution in [3.63, 3.8) is 0 Å². The monoisotopic (exact) mass is 370 g/mol. The van der Waals surface area contributed by atoms with Crippen LogP contribution in [0.3, 0.4) is 0 Å². The molecule has 3 aromatic rings. The van der Waals surface area contributed by atoms with Crippen molar-refractivity contribution in [1.82, 2.24) is 15.5 Å². The Morgan fingerprint density at radius 2 is 1.77 bits per heavy atom. The molecule has 1 aromatic heterocycles. The fourth-order valence-corrected chi connectivity index (χ4v) is 3.10. The number of primary sulfonamides is 1. The molecular weight excluding hydrogens is 352 g/mol. The van der Waals surface area contributed by atoms with Crippen molar-refractivity contribution in [3.05, 3.63) is 71.4 Å². The van der Waals surface area contributed by atoms with E-state index in [4.69, 9.17) is 5.14 Å². The highest BCUT2D eigenvalue weighted by Gasteiger charge is 2.19. The van der Waals surface area contributed by atoms with Gasteiger partial charge in [-0.25, -0.2) is 13.6 Å². The first-order chi connectivity index (χ1) is 12.4. The Labute approximate surface area is 151 Å². The summed E-state index contributed by atoms with van der Waals surface area (Å²) in [4.78, 5) is 12.7. The third kappa shape index (κ3) is 3.81. The van der Waals surface area contributed by atoms with Crippen LogP contribution in [0.2, 0.25) is 0 Å². The summed E-state index contributed by atoms with van der Waals surface area (Å²) in [5.41, 5.74) is 3.35. The summed E-state index contributed by atoms with van der Waals surface area (Å²) < 4.78 is 22.5. The maximum Gasteiger partial charge on any atom is 0.255 e. The van der Waals surface area contributed by atoms with E-state index in [1.807, 2.05) is 30.3 Å². The van der Waals surface area contributed by atoms with Crippen LogP contribution in [0.15, 0.2) is 59.5 Å². The summed E-state index contributed by atoms with van der Waals surface area (Å²) in [5.74, 6) is -0.259. The predicted octanol–water partition coefficient (Wildman–Crippen LogP) is 1.96. The molecule has 0 radical (unpaired) electrons. The summed E-state index contributed by atoms with van der Waals surface area (Å²) in [7, 11) is -3.73. The van der Waals surface area contributed by atoms with Gasteiger partial charge in [-0.05, 0) is 24.6 Å². The first-order valence-corrected chi connectivity index (χ1v) is 9.41. The quantitative estimate of drug-likeness (QED) is 0.636. The Hall–Kier alpha value is -2.97. The predicted molar refractivity (Wildman–Crippen MR) is 97.7 cm³/mol. The number of benzene rings is 2. The number of hydrogen-bond donors (Lipinski definition) is 3. The smallest absolute Gasteiger partial charge is 0.255 e. The molecule has 0 aliphatic carbocycles. The SMILES string of the molecule is Cc1[nH]nc(-c2ccccc2)c1C(=O)NCc1ccc(S(N)(=O)=O)cc1. The second-order valence-electron chi connectivity index (χ2n) is 5.81. The third-order valence-corrected chi connectivity index (χ3v) is 4.86. The molecule has 0 unspecified atom stereocenters. The first-order valence-electron chi connectivity index (χ1n) is 7.86. The lowest BCUT2D eigenvalue weighted by molar-refractivity contribution is 0.0951. The van der Waals surface area contributed by atoms with Gasteiger partial charge in [-0.3, -0.25) is 9.89 Å².